The SMILES string of the molecule is CCOC(=O)/C(C=N)=C(/N/C=C/C(C)(C)N)OCC(C)C. The van der Waals surface area contributed by atoms with Crippen LogP contribution in [0, 0.1) is 11.3 Å². The van der Waals surface area contributed by atoms with E-state index in [4.69, 9.17) is 20.6 Å². The highest BCUT2D eigenvalue weighted by atomic mass is 16.5. The van der Waals surface area contributed by atoms with Crippen LogP contribution in [0.1, 0.15) is 34.6 Å². The molecule has 0 aliphatic heterocycles. The third kappa shape index (κ3) is 8.86. The van der Waals surface area contributed by atoms with Gasteiger partial charge in [0.1, 0.15) is 5.57 Å². The number of ether oxygens (including phenoxy) is 2. The number of esters is 1. The average molecular weight is 297 g/mol. The summed E-state index contributed by atoms with van der Waals surface area (Å²) in [7, 11) is 0. The molecule has 0 rings (SSSR count). The fraction of sp³-hybridized carbons (Fsp3) is 0.600. The zero-order chi connectivity index (χ0) is 16.5. The Kier molecular flexibility index (Phi) is 8.38. The van der Waals surface area contributed by atoms with Gasteiger partial charge >= 0.3 is 5.97 Å². The Labute approximate surface area is 126 Å². The normalized spacial score (nSPS) is 13.1. The van der Waals surface area contributed by atoms with Crippen LogP contribution in [0.4, 0.5) is 0 Å². The molecule has 0 saturated heterocycles. The van der Waals surface area contributed by atoms with Crippen LogP contribution in [0.15, 0.2) is 23.7 Å². The fourth-order valence-electron chi connectivity index (χ4n) is 1.21. The minimum Gasteiger partial charge on any atom is -0.478 e. The Morgan fingerprint density at radius 1 is 1.38 bits per heavy atom. The molecule has 0 aliphatic rings. The molecule has 0 bridgehead atoms. The van der Waals surface area contributed by atoms with Gasteiger partial charge < -0.3 is 25.9 Å². The van der Waals surface area contributed by atoms with E-state index < -0.39 is 11.5 Å². The zero-order valence-corrected chi connectivity index (χ0v) is 13.5. The molecule has 6 nitrogen and oxygen atoms in total. The maximum atomic E-state index is 11.8. The molecule has 6 heteroatoms. The lowest BCUT2D eigenvalue weighted by Crippen LogP contribution is -2.29. The summed E-state index contributed by atoms with van der Waals surface area (Å²) in [5, 5.41) is 10.3. The lowest BCUT2D eigenvalue weighted by Gasteiger charge is -2.16. The van der Waals surface area contributed by atoms with Gasteiger partial charge in [-0.2, -0.15) is 0 Å². The lowest BCUT2D eigenvalue weighted by molar-refractivity contribution is -0.138. The first kappa shape index (κ1) is 19.2. The smallest absolute Gasteiger partial charge is 0.345 e. The van der Waals surface area contributed by atoms with Crippen molar-refractivity contribution >= 4 is 12.2 Å². The maximum absolute atomic E-state index is 11.8. The number of nitrogens with two attached hydrogens (primary N) is 1. The Morgan fingerprint density at radius 3 is 2.43 bits per heavy atom. The van der Waals surface area contributed by atoms with Gasteiger partial charge in [0.25, 0.3) is 0 Å². The molecule has 0 aliphatic carbocycles. The van der Waals surface area contributed by atoms with E-state index in [-0.39, 0.29) is 24.0 Å². The molecule has 0 unspecified atom stereocenters. The van der Waals surface area contributed by atoms with Crippen LogP contribution in [-0.4, -0.2) is 30.9 Å². The van der Waals surface area contributed by atoms with Crippen molar-refractivity contribution in [2.24, 2.45) is 11.7 Å². The summed E-state index contributed by atoms with van der Waals surface area (Å²) in [6.45, 7) is 10.0. The van der Waals surface area contributed by atoms with E-state index in [0.29, 0.717) is 6.61 Å². The largest absolute Gasteiger partial charge is 0.478 e. The first-order chi connectivity index (χ1) is 9.71. The Hall–Kier alpha value is -1.82. The first-order valence-electron chi connectivity index (χ1n) is 6.99. The van der Waals surface area contributed by atoms with Crippen molar-refractivity contribution < 1.29 is 14.3 Å². The van der Waals surface area contributed by atoms with Gasteiger partial charge in [-0.3, -0.25) is 0 Å². The number of rotatable bonds is 9. The molecular formula is C15H27N3O3. The fourth-order valence-corrected chi connectivity index (χ4v) is 1.21. The predicted molar refractivity (Wildman–Crippen MR) is 83.8 cm³/mol. The standard InChI is InChI=1S/C15H27N3O3/c1-6-20-14(19)12(9-16)13(21-10-11(2)3)18-8-7-15(4,5)17/h7-9,11,16,18H,6,10,17H2,1-5H3/b8-7+,13-12-,16-9?. The van der Waals surface area contributed by atoms with E-state index in [2.05, 4.69) is 5.32 Å². The second-order valence-electron chi connectivity index (χ2n) is 5.61. The molecule has 0 aromatic carbocycles. The van der Waals surface area contributed by atoms with Gasteiger partial charge in [-0.05, 0) is 32.8 Å². The molecule has 0 amide bonds. The summed E-state index contributed by atoms with van der Waals surface area (Å²) in [5.74, 6) is -0.122. The van der Waals surface area contributed by atoms with Gasteiger partial charge in [0.2, 0.25) is 5.88 Å². The average Bonchev–Trinajstić information content (AvgIpc) is 2.34. The number of hydrogen-bond donors (Lipinski definition) is 3. The van der Waals surface area contributed by atoms with E-state index >= 15 is 0 Å². The van der Waals surface area contributed by atoms with Gasteiger partial charge in [-0.15, -0.1) is 0 Å². The number of carbonyl (C=O) groups excluding carboxylic acids is 1. The Bertz CT molecular complexity index is 407. The zero-order valence-electron chi connectivity index (χ0n) is 13.5. The number of hydrogen-bond acceptors (Lipinski definition) is 6. The predicted octanol–water partition coefficient (Wildman–Crippen LogP) is 1.92. The minimum atomic E-state index is -0.598. The molecule has 0 atom stereocenters. The number of nitrogens with one attached hydrogen (secondary N) is 2. The molecule has 0 aromatic heterocycles. The van der Waals surface area contributed by atoms with Gasteiger partial charge in [0.15, 0.2) is 0 Å². The molecule has 21 heavy (non-hydrogen) atoms. The lowest BCUT2D eigenvalue weighted by atomic mass is 10.1. The number of carbonyl (C=O) groups is 1. The Morgan fingerprint density at radius 2 is 2.00 bits per heavy atom. The maximum Gasteiger partial charge on any atom is 0.345 e. The summed E-state index contributed by atoms with van der Waals surface area (Å²) < 4.78 is 10.5. The summed E-state index contributed by atoms with van der Waals surface area (Å²) in [5.41, 5.74) is 5.38. The van der Waals surface area contributed by atoms with E-state index in [1.807, 2.05) is 27.7 Å². The molecule has 0 saturated carbocycles. The highest BCUT2D eigenvalue weighted by Gasteiger charge is 2.16. The summed E-state index contributed by atoms with van der Waals surface area (Å²) >= 11 is 0. The van der Waals surface area contributed by atoms with Crippen molar-refractivity contribution in [2.45, 2.75) is 40.2 Å². The minimum absolute atomic E-state index is 0.0389. The van der Waals surface area contributed by atoms with Gasteiger partial charge in [0, 0.05) is 18.0 Å². The van der Waals surface area contributed by atoms with Gasteiger partial charge in [0.05, 0.1) is 13.2 Å². The molecule has 0 aromatic rings. The summed E-state index contributed by atoms with van der Waals surface area (Å²) in [6, 6.07) is 0. The third-order valence-corrected chi connectivity index (χ3v) is 2.17. The van der Waals surface area contributed by atoms with Crippen molar-refractivity contribution in [1.82, 2.24) is 5.32 Å². The highest BCUT2D eigenvalue weighted by Crippen LogP contribution is 2.08. The van der Waals surface area contributed by atoms with Crippen molar-refractivity contribution in [3.63, 3.8) is 0 Å². The molecule has 0 heterocycles. The molecule has 4 N–H and O–H groups in total. The van der Waals surface area contributed by atoms with Crippen LogP contribution in [-0.2, 0) is 14.3 Å². The topological polar surface area (TPSA) is 97.4 Å². The molecule has 0 radical (unpaired) electrons. The second kappa shape index (κ2) is 9.18. The van der Waals surface area contributed by atoms with E-state index in [1.165, 1.54) is 0 Å². The highest BCUT2D eigenvalue weighted by molar-refractivity contribution is 6.08. The quantitative estimate of drug-likeness (QED) is 0.261. The molecule has 120 valence electrons. The summed E-state index contributed by atoms with van der Waals surface area (Å²) in [6.07, 6.45) is 4.25. The van der Waals surface area contributed by atoms with Crippen LogP contribution in [0.2, 0.25) is 0 Å². The van der Waals surface area contributed by atoms with E-state index in [1.54, 1.807) is 19.2 Å². The van der Waals surface area contributed by atoms with Gasteiger partial charge in [-0.25, -0.2) is 4.79 Å². The van der Waals surface area contributed by atoms with Crippen molar-refractivity contribution in [1.29, 1.82) is 5.41 Å². The molecule has 0 fully saturated rings. The van der Waals surface area contributed by atoms with Crippen LogP contribution in [0.3, 0.4) is 0 Å². The molecule has 0 spiro atoms. The van der Waals surface area contributed by atoms with Crippen LogP contribution in [0.5, 0.6) is 0 Å². The second-order valence-corrected chi connectivity index (χ2v) is 5.61. The Balaban J connectivity index is 5.20. The van der Waals surface area contributed by atoms with Crippen molar-refractivity contribution in [3.8, 4) is 0 Å². The summed E-state index contributed by atoms with van der Waals surface area (Å²) in [4.78, 5) is 11.8. The van der Waals surface area contributed by atoms with Crippen molar-refractivity contribution in [3.05, 3.63) is 23.7 Å². The van der Waals surface area contributed by atoms with E-state index in [0.717, 1.165) is 6.21 Å². The van der Waals surface area contributed by atoms with Crippen LogP contribution in [0.25, 0.3) is 0 Å². The van der Waals surface area contributed by atoms with E-state index in [9.17, 15) is 4.79 Å². The monoisotopic (exact) mass is 297 g/mol. The molecular weight excluding hydrogens is 270 g/mol. The third-order valence-electron chi connectivity index (χ3n) is 2.17. The van der Waals surface area contributed by atoms with Crippen LogP contribution < -0.4 is 11.1 Å². The van der Waals surface area contributed by atoms with Crippen molar-refractivity contribution in [2.75, 3.05) is 13.2 Å². The van der Waals surface area contributed by atoms with Crippen LogP contribution >= 0.6 is 0 Å². The van der Waals surface area contributed by atoms with Gasteiger partial charge in [-0.1, -0.05) is 13.8 Å². The first-order valence-corrected chi connectivity index (χ1v) is 6.99.